The van der Waals surface area contributed by atoms with Gasteiger partial charge in [-0.2, -0.15) is 0 Å². The number of benzene rings is 1. The minimum absolute atomic E-state index is 0.00773. The molecule has 0 radical (unpaired) electrons. The van der Waals surface area contributed by atoms with Crippen LogP contribution in [0.15, 0.2) is 18.2 Å². The lowest BCUT2D eigenvalue weighted by atomic mass is 10.0. The minimum atomic E-state index is -0.560. The normalized spacial score (nSPS) is 12.7. The van der Waals surface area contributed by atoms with Crippen molar-refractivity contribution in [2.45, 2.75) is 32.2 Å². The van der Waals surface area contributed by atoms with Gasteiger partial charge in [0, 0.05) is 25.3 Å². The Kier molecular flexibility index (Phi) is 6.78. The molecule has 0 spiro atoms. The molecule has 0 aliphatic carbocycles. The fourth-order valence-corrected chi connectivity index (χ4v) is 1.83. The lowest BCUT2D eigenvalue weighted by molar-refractivity contribution is 0.140. The third-order valence-corrected chi connectivity index (χ3v) is 2.69. The SMILES string of the molecule is CCOCCCC(Cc1cc(F)cc(F)c1)NN. The van der Waals surface area contributed by atoms with E-state index in [1.807, 2.05) is 6.92 Å². The first-order valence-electron chi connectivity index (χ1n) is 6.14. The Hall–Kier alpha value is -1.04. The Morgan fingerprint density at radius 1 is 1.28 bits per heavy atom. The van der Waals surface area contributed by atoms with Gasteiger partial charge in [-0.3, -0.25) is 11.3 Å². The second-order valence-electron chi connectivity index (χ2n) is 4.18. The molecule has 3 nitrogen and oxygen atoms in total. The zero-order chi connectivity index (χ0) is 13.4. The summed E-state index contributed by atoms with van der Waals surface area (Å²) in [7, 11) is 0. The van der Waals surface area contributed by atoms with Crippen molar-refractivity contribution >= 4 is 0 Å². The second kappa shape index (κ2) is 8.13. The Balaban J connectivity index is 2.46. The smallest absolute Gasteiger partial charge is 0.126 e. The van der Waals surface area contributed by atoms with Crippen LogP contribution in [0.2, 0.25) is 0 Å². The molecule has 0 aliphatic heterocycles. The number of halogens is 2. The van der Waals surface area contributed by atoms with Crippen molar-refractivity contribution in [1.82, 2.24) is 5.43 Å². The lowest BCUT2D eigenvalue weighted by Gasteiger charge is -2.16. The van der Waals surface area contributed by atoms with E-state index in [4.69, 9.17) is 10.6 Å². The molecule has 18 heavy (non-hydrogen) atoms. The molecule has 1 unspecified atom stereocenters. The Morgan fingerprint density at radius 3 is 2.50 bits per heavy atom. The van der Waals surface area contributed by atoms with Gasteiger partial charge in [0.15, 0.2) is 0 Å². The van der Waals surface area contributed by atoms with Crippen molar-refractivity contribution in [3.05, 3.63) is 35.4 Å². The molecular formula is C13H20F2N2O. The molecule has 0 saturated heterocycles. The van der Waals surface area contributed by atoms with Crippen LogP contribution in [-0.2, 0) is 11.2 Å². The van der Waals surface area contributed by atoms with Gasteiger partial charge in [0.2, 0.25) is 0 Å². The molecule has 0 aromatic heterocycles. The average molecular weight is 258 g/mol. The summed E-state index contributed by atoms with van der Waals surface area (Å²) in [5, 5.41) is 0. The van der Waals surface area contributed by atoms with Crippen molar-refractivity contribution < 1.29 is 13.5 Å². The van der Waals surface area contributed by atoms with Crippen LogP contribution in [0, 0.1) is 11.6 Å². The first-order valence-corrected chi connectivity index (χ1v) is 6.14. The van der Waals surface area contributed by atoms with Gasteiger partial charge in [0.25, 0.3) is 0 Å². The fourth-order valence-electron chi connectivity index (χ4n) is 1.83. The van der Waals surface area contributed by atoms with Gasteiger partial charge in [-0.25, -0.2) is 8.78 Å². The van der Waals surface area contributed by atoms with Crippen molar-refractivity contribution in [3.63, 3.8) is 0 Å². The number of hydrogen-bond acceptors (Lipinski definition) is 3. The van der Waals surface area contributed by atoms with Crippen LogP contribution in [0.5, 0.6) is 0 Å². The highest BCUT2D eigenvalue weighted by Gasteiger charge is 2.09. The zero-order valence-electron chi connectivity index (χ0n) is 10.6. The first kappa shape index (κ1) is 15.0. The number of nitrogens with one attached hydrogen (secondary N) is 1. The number of hydrogen-bond donors (Lipinski definition) is 2. The highest BCUT2D eigenvalue weighted by molar-refractivity contribution is 5.18. The van der Waals surface area contributed by atoms with E-state index in [0.717, 1.165) is 18.9 Å². The predicted molar refractivity (Wildman–Crippen MR) is 66.9 cm³/mol. The Bertz CT molecular complexity index is 341. The van der Waals surface area contributed by atoms with E-state index in [9.17, 15) is 8.78 Å². The molecule has 0 amide bonds. The zero-order valence-corrected chi connectivity index (χ0v) is 10.6. The summed E-state index contributed by atoms with van der Waals surface area (Å²) in [6.45, 7) is 3.30. The molecule has 3 N–H and O–H groups in total. The van der Waals surface area contributed by atoms with E-state index in [1.54, 1.807) is 0 Å². The fraction of sp³-hybridized carbons (Fsp3) is 0.538. The van der Waals surface area contributed by atoms with Gasteiger partial charge in [0.1, 0.15) is 11.6 Å². The van der Waals surface area contributed by atoms with Crippen LogP contribution in [-0.4, -0.2) is 19.3 Å². The van der Waals surface area contributed by atoms with Crippen LogP contribution < -0.4 is 11.3 Å². The molecule has 1 aromatic rings. The van der Waals surface area contributed by atoms with Gasteiger partial charge < -0.3 is 4.74 Å². The molecule has 102 valence electrons. The third kappa shape index (κ3) is 5.53. The van der Waals surface area contributed by atoms with E-state index < -0.39 is 11.6 Å². The van der Waals surface area contributed by atoms with E-state index in [2.05, 4.69) is 5.43 Å². The van der Waals surface area contributed by atoms with Crippen LogP contribution >= 0.6 is 0 Å². The van der Waals surface area contributed by atoms with Gasteiger partial charge in [-0.15, -0.1) is 0 Å². The summed E-state index contributed by atoms with van der Waals surface area (Å²) in [5.74, 6) is 4.31. The molecule has 0 fully saturated rings. The quantitative estimate of drug-likeness (QED) is 0.427. The minimum Gasteiger partial charge on any atom is -0.382 e. The van der Waals surface area contributed by atoms with Gasteiger partial charge >= 0.3 is 0 Å². The topological polar surface area (TPSA) is 47.3 Å². The molecule has 1 aromatic carbocycles. The van der Waals surface area contributed by atoms with Crippen LogP contribution in [0.25, 0.3) is 0 Å². The summed E-state index contributed by atoms with van der Waals surface area (Å²) in [6, 6.07) is 3.52. The molecule has 5 heteroatoms. The second-order valence-corrected chi connectivity index (χ2v) is 4.18. The number of rotatable bonds is 8. The van der Waals surface area contributed by atoms with Crippen LogP contribution in [0.3, 0.4) is 0 Å². The number of hydrazine groups is 1. The highest BCUT2D eigenvalue weighted by atomic mass is 19.1. The summed E-state index contributed by atoms with van der Waals surface area (Å²) >= 11 is 0. The van der Waals surface area contributed by atoms with Crippen LogP contribution in [0.1, 0.15) is 25.3 Å². The van der Waals surface area contributed by atoms with Crippen molar-refractivity contribution in [2.75, 3.05) is 13.2 Å². The van der Waals surface area contributed by atoms with Crippen molar-refractivity contribution in [2.24, 2.45) is 5.84 Å². The maximum Gasteiger partial charge on any atom is 0.126 e. The lowest BCUT2D eigenvalue weighted by Crippen LogP contribution is -2.37. The predicted octanol–water partition coefficient (Wildman–Crippen LogP) is 2.16. The van der Waals surface area contributed by atoms with E-state index in [-0.39, 0.29) is 6.04 Å². The molecule has 0 aliphatic rings. The monoisotopic (exact) mass is 258 g/mol. The van der Waals surface area contributed by atoms with Crippen molar-refractivity contribution in [1.29, 1.82) is 0 Å². The highest BCUT2D eigenvalue weighted by Crippen LogP contribution is 2.12. The summed E-state index contributed by atoms with van der Waals surface area (Å²) in [4.78, 5) is 0. The largest absolute Gasteiger partial charge is 0.382 e. The number of ether oxygens (including phenoxy) is 1. The average Bonchev–Trinajstić information content (AvgIpc) is 2.32. The first-order chi connectivity index (χ1) is 8.65. The van der Waals surface area contributed by atoms with Gasteiger partial charge in [-0.1, -0.05) is 0 Å². The summed E-state index contributed by atoms with van der Waals surface area (Å²) in [5.41, 5.74) is 3.27. The van der Waals surface area contributed by atoms with Gasteiger partial charge in [-0.05, 0) is 43.9 Å². The molecule has 1 rings (SSSR count). The van der Waals surface area contributed by atoms with E-state index in [0.29, 0.717) is 25.2 Å². The Labute approximate surface area is 106 Å². The van der Waals surface area contributed by atoms with E-state index in [1.165, 1.54) is 12.1 Å². The Morgan fingerprint density at radius 2 is 1.94 bits per heavy atom. The molecule has 1 atom stereocenters. The molecular weight excluding hydrogens is 238 g/mol. The van der Waals surface area contributed by atoms with E-state index >= 15 is 0 Å². The van der Waals surface area contributed by atoms with Gasteiger partial charge in [0.05, 0.1) is 0 Å². The third-order valence-electron chi connectivity index (χ3n) is 2.69. The van der Waals surface area contributed by atoms with Crippen molar-refractivity contribution in [3.8, 4) is 0 Å². The maximum absolute atomic E-state index is 13.0. The number of nitrogens with two attached hydrogens (primary N) is 1. The van der Waals surface area contributed by atoms with Crippen LogP contribution in [0.4, 0.5) is 8.78 Å². The maximum atomic E-state index is 13.0. The molecule has 0 saturated carbocycles. The summed E-state index contributed by atoms with van der Waals surface area (Å²) in [6.07, 6.45) is 2.16. The standard InChI is InChI=1S/C13H20F2N2O/c1-2-18-5-3-4-13(17-16)8-10-6-11(14)9-12(15)7-10/h6-7,9,13,17H,2-5,8,16H2,1H3. The molecule has 0 bridgehead atoms. The molecule has 0 heterocycles. The summed E-state index contributed by atoms with van der Waals surface area (Å²) < 4.78 is 31.3.